The smallest absolute Gasteiger partial charge is 0.234 e. The molecule has 1 amide bonds. The normalized spacial score (nSPS) is 10.9. The molecule has 4 aromatic rings. The molecule has 1 N–H and O–H groups in total. The molecule has 0 aliphatic heterocycles. The van der Waals surface area contributed by atoms with E-state index in [9.17, 15) is 9.18 Å². The Bertz CT molecular complexity index is 1260. The van der Waals surface area contributed by atoms with Gasteiger partial charge in [0.15, 0.2) is 0 Å². The van der Waals surface area contributed by atoms with Crippen molar-refractivity contribution >= 4 is 46.3 Å². The third-order valence-electron chi connectivity index (χ3n) is 4.57. The van der Waals surface area contributed by atoms with Gasteiger partial charge in [-0.15, -0.1) is 21.5 Å². The van der Waals surface area contributed by atoms with Gasteiger partial charge in [-0.05, 0) is 67.9 Å². The van der Waals surface area contributed by atoms with E-state index in [0.717, 1.165) is 26.7 Å². The van der Waals surface area contributed by atoms with Crippen LogP contribution < -0.4 is 5.32 Å². The zero-order chi connectivity index (χ0) is 22.7. The fraction of sp³-hybridized carbons (Fsp3) is 0.130. The molecule has 162 valence electrons. The molecule has 0 saturated heterocycles. The Morgan fingerprint density at radius 2 is 1.88 bits per heavy atom. The van der Waals surface area contributed by atoms with Gasteiger partial charge in [0.2, 0.25) is 5.91 Å². The second-order valence-corrected chi connectivity index (χ2v) is 9.40. The van der Waals surface area contributed by atoms with Crippen LogP contribution in [0.3, 0.4) is 0 Å². The zero-order valence-electron chi connectivity index (χ0n) is 17.2. The van der Waals surface area contributed by atoms with Crippen molar-refractivity contribution in [1.82, 2.24) is 15.2 Å². The number of thioether (sulfide) groups is 1. The summed E-state index contributed by atoms with van der Waals surface area (Å²) in [6.07, 6.45) is 0. The Kier molecular flexibility index (Phi) is 6.83. The largest absolute Gasteiger partial charge is 0.325 e. The van der Waals surface area contributed by atoms with E-state index in [1.165, 1.54) is 35.2 Å². The van der Waals surface area contributed by atoms with Crippen molar-refractivity contribution in [2.24, 2.45) is 0 Å². The first-order chi connectivity index (χ1) is 15.4. The minimum Gasteiger partial charge on any atom is -0.325 e. The maximum absolute atomic E-state index is 13.2. The van der Waals surface area contributed by atoms with Gasteiger partial charge in [0.05, 0.1) is 16.3 Å². The molecule has 0 unspecified atom stereocenters. The van der Waals surface area contributed by atoms with Crippen LogP contribution in [0.15, 0.2) is 59.6 Å². The SMILES string of the molecule is Cc1ccc(NC(=O)CSc2ccc(-c3sc(-c4ccc(F)cc4)nc3C)nn2)cc1Cl. The van der Waals surface area contributed by atoms with Crippen LogP contribution in [-0.4, -0.2) is 26.8 Å². The predicted octanol–water partition coefficient (Wildman–Crippen LogP) is 6.41. The molecule has 0 bridgehead atoms. The minimum absolute atomic E-state index is 0.150. The molecule has 0 atom stereocenters. The van der Waals surface area contributed by atoms with E-state index < -0.39 is 0 Å². The average molecular weight is 485 g/mol. The highest BCUT2D eigenvalue weighted by molar-refractivity contribution is 7.99. The molecule has 32 heavy (non-hydrogen) atoms. The molecule has 0 saturated carbocycles. The lowest BCUT2D eigenvalue weighted by molar-refractivity contribution is -0.113. The van der Waals surface area contributed by atoms with Crippen molar-refractivity contribution in [3.63, 3.8) is 0 Å². The first-order valence-electron chi connectivity index (χ1n) is 9.65. The van der Waals surface area contributed by atoms with Gasteiger partial charge in [-0.25, -0.2) is 9.37 Å². The van der Waals surface area contributed by atoms with Crippen LogP contribution in [0.25, 0.3) is 21.1 Å². The molecule has 2 aromatic carbocycles. The van der Waals surface area contributed by atoms with Crippen molar-refractivity contribution < 1.29 is 9.18 Å². The molecule has 9 heteroatoms. The lowest BCUT2D eigenvalue weighted by atomic mass is 10.2. The van der Waals surface area contributed by atoms with Crippen LogP contribution in [0.4, 0.5) is 10.1 Å². The summed E-state index contributed by atoms with van der Waals surface area (Å²) in [6, 6.07) is 15.3. The van der Waals surface area contributed by atoms with E-state index in [-0.39, 0.29) is 17.5 Å². The number of nitrogens with zero attached hydrogens (tertiary/aromatic N) is 3. The standard InChI is InChI=1S/C23H18ClFN4OS2/c1-13-3-8-17(11-18(13)24)27-20(30)12-31-21-10-9-19(28-29-21)22-14(2)26-23(32-22)15-4-6-16(25)7-5-15/h3-11H,12H2,1-2H3,(H,27,30). The van der Waals surface area contributed by atoms with Crippen LogP contribution >= 0.6 is 34.7 Å². The van der Waals surface area contributed by atoms with E-state index in [1.54, 1.807) is 18.2 Å². The first kappa shape index (κ1) is 22.4. The van der Waals surface area contributed by atoms with E-state index in [0.29, 0.717) is 21.4 Å². The summed E-state index contributed by atoms with van der Waals surface area (Å²) in [4.78, 5) is 17.7. The number of hydrogen-bond acceptors (Lipinski definition) is 6. The average Bonchev–Trinajstić information content (AvgIpc) is 3.17. The summed E-state index contributed by atoms with van der Waals surface area (Å²) in [7, 11) is 0. The fourth-order valence-corrected chi connectivity index (χ4v) is 4.71. The van der Waals surface area contributed by atoms with E-state index in [1.807, 2.05) is 38.1 Å². The van der Waals surface area contributed by atoms with Crippen molar-refractivity contribution in [2.75, 3.05) is 11.1 Å². The van der Waals surface area contributed by atoms with E-state index >= 15 is 0 Å². The maximum Gasteiger partial charge on any atom is 0.234 e. The molecule has 0 aliphatic carbocycles. The quantitative estimate of drug-likeness (QED) is 0.320. The molecular formula is C23H18ClFN4OS2. The number of rotatable bonds is 6. The highest BCUT2D eigenvalue weighted by Crippen LogP contribution is 2.34. The number of hydrogen-bond donors (Lipinski definition) is 1. The summed E-state index contributed by atoms with van der Waals surface area (Å²) >= 11 is 8.88. The third kappa shape index (κ3) is 5.32. The van der Waals surface area contributed by atoms with Crippen molar-refractivity contribution in [3.05, 3.63) is 76.7 Å². The molecule has 5 nitrogen and oxygen atoms in total. The molecule has 2 aromatic heterocycles. The van der Waals surface area contributed by atoms with Crippen LogP contribution in [0, 0.1) is 19.7 Å². The highest BCUT2D eigenvalue weighted by atomic mass is 35.5. The number of amides is 1. The monoisotopic (exact) mass is 484 g/mol. The number of thiazole rings is 1. The Morgan fingerprint density at radius 1 is 1.09 bits per heavy atom. The fourth-order valence-electron chi connectivity index (χ4n) is 2.88. The maximum atomic E-state index is 13.2. The Hall–Kier alpha value is -2.81. The van der Waals surface area contributed by atoms with Gasteiger partial charge in [0, 0.05) is 16.3 Å². The number of anilines is 1. The van der Waals surface area contributed by atoms with Gasteiger partial charge in [0.25, 0.3) is 0 Å². The van der Waals surface area contributed by atoms with Gasteiger partial charge >= 0.3 is 0 Å². The second kappa shape index (κ2) is 9.77. The summed E-state index contributed by atoms with van der Waals surface area (Å²) in [5.74, 6) is -0.228. The molecule has 0 radical (unpaired) electrons. The molecule has 0 aliphatic rings. The van der Waals surface area contributed by atoms with Gasteiger partial charge in [-0.3, -0.25) is 4.79 Å². The summed E-state index contributed by atoms with van der Waals surface area (Å²) in [5.41, 5.74) is 4.00. The Balaban J connectivity index is 1.39. The van der Waals surface area contributed by atoms with Crippen molar-refractivity contribution in [2.45, 2.75) is 18.9 Å². The third-order valence-corrected chi connectivity index (χ3v) is 7.12. The van der Waals surface area contributed by atoms with Crippen LogP contribution in [0.5, 0.6) is 0 Å². The Morgan fingerprint density at radius 3 is 2.56 bits per heavy atom. The van der Waals surface area contributed by atoms with E-state index in [2.05, 4.69) is 20.5 Å². The molecule has 0 spiro atoms. The van der Waals surface area contributed by atoms with Crippen LogP contribution in [0.1, 0.15) is 11.3 Å². The zero-order valence-corrected chi connectivity index (χ0v) is 19.6. The topological polar surface area (TPSA) is 67.8 Å². The van der Waals surface area contributed by atoms with E-state index in [4.69, 9.17) is 11.6 Å². The summed E-state index contributed by atoms with van der Waals surface area (Å²) < 4.78 is 13.2. The van der Waals surface area contributed by atoms with Crippen LogP contribution in [-0.2, 0) is 4.79 Å². The van der Waals surface area contributed by atoms with Gasteiger partial charge in [-0.2, -0.15) is 0 Å². The number of aromatic nitrogens is 3. The number of aryl methyl sites for hydroxylation is 2. The minimum atomic E-state index is -0.280. The predicted molar refractivity (Wildman–Crippen MR) is 129 cm³/mol. The summed E-state index contributed by atoms with van der Waals surface area (Å²) in [6.45, 7) is 3.81. The second-order valence-electron chi connectivity index (χ2n) is 7.00. The lowest BCUT2D eigenvalue weighted by Gasteiger charge is -2.06. The first-order valence-corrected chi connectivity index (χ1v) is 11.8. The van der Waals surface area contributed by atoms with Gasteiger partial charge in [0.1, 0.15) is 21.5 Å². The number of carbonyl (C=O) groups is 1. The van der Waals surface area contributed by atoms with Gasteiger partial charge < -0.3 is 5.32 Å². The number of carbonyl (C=O) groups excluding carboxylic acids is 1. The number of nitrogens with one attached hydrogen (secondary N) is 1. The molecule has 0 fully saturated rings. The highest BCUT2D eigenvalue weighted by Gasteiger charge is 2.14. The van der Waals surface area contributed by atoms with Crippen LogP contribution in [0.2, 0.25) is 5.02 Å². The molecular weight excluding hydrogens is 467 g/mol. The molecule has 4 rings (SSSR count). The number of halogens is 2. The van der Waals surface area contributed by atoms with Gasteiger partial charge in [-0.1, -0.05) is 29.4 Å². The lowest BCUT2D eigenvalue weighted by Crippen LogP contribution is -2.14. The summed E-state index contributed by atoms with van der Waals surface area (Å²) in [5, 5.41) is 13.4. The Labute approximate surface area is 198 Å². The molecule has 2 heterocycles. The number of benzene rings is 2. The van der Waals surface area contributed by atoms with Crippen molar-refractivity contribution in [1.29, 1.82) is 0 Å². The van der Waals surface area contributed by atoms with Crippen molar-refractivity contribution in [3.8, 4) is 21.1 Å².